The average Bonchev–Trinajstić information content (AvgIpc) is 2.54. The zero-order chi connectivity index (χ0) is 17.0. The molecule has 1 aromatic rings. The van der Waals surface area contributed by atoms with E-state index >= 15 is 0 Å². The summed E-state index contributed by atoms with van der Waals surface area (Å²) in [7, 11) is 0. The monoisotopic (exact) mass is 320 g/mol. The molecule has 1 fully saturated rings. The summed E-state index contributed by atoms with van der Waals surface area (Å²) < 4.78 is 5.08. The third kappa shape index (κ3) is 4.41. The van der Waals surface area contributed by atoms with E-state index in [1.54, 1.807) is 6.92 Å². The quantitative estimate of drug-likeness (QED) is 0.792. The summed E-state index contributed by atoms with van der Waals surface area (Å²) in [5.41, 5.74) is 0.716. The number of rotatable bonds is 4. The maximum absolute atomic E-state index is 12.1. The van der Waals surface area contributed by atoms with E-state index in [0.717, 1.165) is 44.2 Å². The average molecular weight is 320 g/mol. The molecule has 6 nitrogen and oxygen atoms in total. The zero-order valence-corrected chi connectivity index (χ0v) is 14.9. The van der Waals surface area contributed by atoms with Gasteiger partial charge in [-0.2, -0.15) is 0 Å². The number of piperazine rings is 1. The lowest BCUT2D eigenvalue weighted by atomic mass is 9.92. The minimum atomic E-state index is -0.452. The molecule has 2 heterocycles. The van der Waals surface area contributed by atoms with Gasteiger partial charge in [-0.05, 0) is 13.5 Å². The standard InChI is InChI=1S/C17H28N4O2/c1-6-20-8-10-21(11-9-20)14-12-13(17(3,4)5)18-15(19-14)16(22)23-7-2/h12H,6-11H2,1-5H3. The Labute approximate surface area is 138 Å². The van der Waals surface area contributed by atoms with Gasteiger partial charge in [0.1, 0.15) is 5.82 Å². The van der Waals surface area contributed by atoms with Gasteiger partial charge in [-0.25, -0.2) is 14.8 Å². The first-order chi connectivity index (χ1) is 10.8. The number of esters is 1. The number of aromatic nitrogens is 2. The van der Waals surface area contributed by atoms with E-state index in [1.807, 2.05) is 6.07 Å². The molecule has 0 unspecified atom stereocenters. The fourth-order valence-corrected chi connectivity index (χ4v) is 2.56. The summed E-state index contributed by atoms with van der Waals surface area (Å²) in [5.74, 6) is 0.531. The van der Waals surface area contributed by atoms with Crippen LogP contribution in [0.1, 0.15) is 50.9 Å². The van der Waals surface area contributed by atoms with Crippen LogP contribution in [0.4, 0.5) is 5.82 Å². The molecule has 0 aromatic carbocycles. The number of hydrogen-bond donors (Lipinski definition) is 0. The highest BCUT2D eigenvalue weighted by molar-refractivity contribution is 5.85. The van der Waals surface area contributed by atoms with E-state index < -0.39 is 5.97 Å². The molecule has 6 heteroatoms. The molecule has 2 rings (SSSR count). The number of hydrogen-bond acceptors (Lipinski definition) is 6. The third-order valence-electron chi connectivity index (χ3n) is 4.08. The SMILES string of the molecule is CCOC(=O)c1nc(N2CCN(CC)CC2)cc(C(C)(C)C)n1. The first kappa shape index (κ1) is 17.7. The van der Waals surface area contributed by atoms with Gasteiger partial charge in [-0.3, -0.25) is 0 Å². The van der Waals surface area contributed by atoms with Crippen LogP contribution in [-0.4, -0.2) is 60.2 Å². The largest absolute Gasteiger partial charge is 0.460 e. The molecule has 23 heavy (non-hydrogen) atoms. The molecule has 0 N–H and O–H groups in total. The maximum atomic E-state index is 12.1. The molecule has 0 atom stereocenters. The van der Waals surface area contributed by atoms with Gasteiger partial charge in [-0.15, -0.1) is 0 Å². The second-order valence-corrected chi connectivity index (χ2v) is 6.83. The van der Waals surface area contributed by atoms with Crippen LogP contribution in [0.3, 0.4) is 0 Å². The highest BCUT2D eigenvalue weighted by Crippen LogP contribution is 2.24. The van der Waals surface area contributed by atoms with Crippen LogP contribution in [0.2, 0.25) is 0 Å². The van der Waals surface area contributed by atoms with Crippen molar-refractivity contribution in [3.63, 3.8) is 0 Å². The van der Waals surface area contributed by atoms with Crippen molar-refractivity contribution in [2.45, 2.75) is 40.0 Å². The molecule has 0 aliphatic carbocycles. The Hall–Kier alpha value is -1.69. The van der Waals surface area contributed by atoms with Crippen LogP contribution in [0.15, 0.2) is 6.07 Å². The molecule has 128 valence electrons. The van der Waals surface area contributed by atoms with Crippen molar-refractivity contribution in [2.24, 2.45) is 0 Å². The van der Waals surface area contributed by atoms with Gasteiger partial charge in [0.2, 0.25) is 5.82 Å². The Kier molecular flexibility index (Phi) is 5.57. The predicted molar refractivity (Wildman–Crippen MR) is 91.0 cm³/mol. The first-order valence-electron chi connectivity index (χ1n) is 8.39. The molecule has 1 saturated heterocycles. The van der Waals surface area contributed by atoms with E-state index in [1.165, 1.54) is 0 Å². The van der Waals surface area contributed by atoms with Gasteiger partial charge in [0.05, 0.1) is 12.3 Å². The molecule has 1 aromatic heterocycles. The van der Waals surface area contributed by atoms with Gasteiger partial charge >= 0.3 is 5.97 Å². The van der Waals surface area contributed by atoms with Crippen molar-refractivity contribution in [1.82, 2.24) is 14.9 Å². The van der Waals surface area contributed by atoms with Crippen molar-refractivity contribution in [2.75, 3.05) is 44.2 Å². The molecule has 0 radical (unpaired) electrons. The van der Waals surface area contributed by atoms with Gasteiger partial charge < -0.3 is 14.5 Å². The second kappa shape index (κ2) is 7.25. The van der Waals surface area contributed by atoms with Crippen molar-refractivity contribution < 1.29 is 9.53 Å². The summed E-state index contributed by atoms with van der Waals surface area (Å²) in [6, 6.07) is 2.00. The molecule has 1 aliphatic rings. The van der Waals surface area contributed by atoms with Crippen LogP contribution in [0, 0.1) is 0 Å². The number of nitrogens with zero attached hydrogens (tertiary/aromatic N) is 4. The summed E-state index contributed by atoms with van der Waals surface area (Å²) in [6.07, 6.45) is 0. The number of carbonyl (C=O) groups excluding carboxylic acids is 1. The van der Waals surface area contributed by atoms with Gasteiger partial charge in [0, 0.05) is 37.7 Å². The summed E-state index contributed by atoms with van der Waals surface area (Å²) in [4.78, 5) is 25.6. The van der Waals surface area contributed by atoms with Crippen molar-refractivity contribution in [3.05, 3.63) is 17.6 Å². The molecule has 0 bridgehead atoms. The molecular weight excluding hydrogens is 292 g/mol. The van der Waals surface area contributed by atoms with E-state index in [2.05, 4.69) is 47.5 Å². The number of anilines is 1. The van der Waals surface area contributed by atoms with Gasteiger partial charge in [0.15, 0.2) is 0 Å². The molecular formula is C17H28N4O2. The fraction of sp³-hybridized carbons (Fsp3) is 0.706. The van der Waals surface area contributed by atoms with Crippen LogP contribution in [0.25, 0.3) is 0 Å². The Balaban J connectivity index is 2.31. The number of ether oxygens (including phenoxy) is 1. The Morgan fingerprint density at radius 2 is 1.83 bits per heavy atom. The smallest absolute Gasteiger partial charge is 0.376 e. The highest BCUT2D eigenvalue weighted by atomic mass is 16.5. The second-order valence-electron chi connectivity index (χ2n) is 6.83. The zero-order valence-electron chi connectivity index (χ0n) is 14.9. The van der Waals surface area contributed by atoms with Gasteiger partial charge in [0.25, 0.3) is 0 Å². The minimum Gasteiger partial charge on any atom is -0.460 e. The number of carbonyl (C=O) groups is 1. The maximum Gasteiger partial charge on any atom is 0.376 e. The summed E-state index contributed by atoms with van der Waals surface area (Å²) in [5, 5.41) is 0. The third-order valence-corrected chi connectivity index (χ3v) is 4.08. The first-order valence-corrected chi connectivity index (χ1v) is 8.39. The van der Waals surface area contributed by atoms with Crippen molar-refractivity contribution >= 4 is 11.8 Å². The molecule has 0 saturated carbocycles. The van der Waals surface area contributed by atoms with Crippen molar-refractivity contribution in [3.8, 4) is 0 Å². The van der Waals surface area contributed by atoms with Crippen molar-refractivity contribution in [1.29, 1.82) is 0 Å². The molecule has 0 amide bonds. The molecule has 0 spiro atoms. The lowest BCUT2D eigenvalue weighted by molar-refractivity contribution is 0.0511. The topological polar surface area (TPSA) is 58.6 Å². The lowest BCUT2D eigenvalue weighted by Gasteiger charge is -2.35. The Morgan fingerprint density at radius 1 is 1.17 bits per heavy atom. The lowest BCUT2D eigenvalue weighted by Crippen LogP contribution is -2.46. The van der Waals surface area contributed by atoms with E-state index in [-0.39, 0.29) is 11.2 Å². The van der Waals surface area contributed by atoms with Crippen LogP contribution in [-0.2, 0) is 10.2 Å². The van der Waals surface area contributed by atoms with Crippen LogP contribution >= 0.6 is 0 Å². The number of likely N-dealkylation sites (N-methyl/N-ethyl adjacent to an activating group) is 1. The minimum absolute atomic E-state index is 0.149. The Bertz CT molecular complexity index is 546. The normalized spacial score (nSPS) is 16.5. The predicted octanol–water partition coefficient (Wildman–Crippen LogP) is 2.09. The highest BCUT2D eigenvalue weighted by Gasteiger charge is 2.24. The summed E-state index contributed by atoms with van der Waals surface area (Å²) in [6.45, 7) is 15.5. The Morgan fingerprint density at radius 3 is 2.35 bits per heavy atom. The van der Waals surface area contributed by atoms with E-state index in [0.29, 0.717) is 6.61 Å². The molecule has 1 aliphatic heterocycles. The van der Waals surface area contributed by atoms with Crippen LogP contribution < -0.4 is 4.90 Å². The fourth-order valence-electron chi connectivity index (χ4n) is 2.56. The van der Waals surface area contributed by atoms with Gasteiger partial charge in [-0.1, -0.05) is 27.7 Å². The van der Waals surface area contributed by atoms with E-state index in [9.17, 15) is 4.79 Å². The van der Waals surface area contributed by atoms with Crippen LogP contribution in [0.5, 0.6) is 0 Å². The van der Waals surface area contributed by atoms with E-state index in [4.69, 9.17) is 4.74 Å². The summed E-state index contributed by atoms with van der Waals surface area (Å²) >= 11 is 0.